The van der Waals surface area contributed by atoms with Crippen LogP contribution in [0.3, 0.4) is 0 Å². The summed E-state index contributed by atoms with van der Waals surface area (Å²) >= 11 is 5.96. The lowest BCUT2D eigenvalue weighted by Gasteiger charge is -2.07. The molecule has 108 valence electrons. The van der Waals surface area contributed by atoms with Crippen LogP contribution in [0.4, 0.5) is 0 Å². The molecule has 0 radical (unpaired) electrons. The molecule has 3 atom stereocenters. The Hall–Kier alpha value is -1.09. The lowest BCUT2D eigenvalue weighted by Crippen LogP contribution is -2.20. The Morgan fingerprint density at radius 1 is 1.50 bits per heavy atom. The Balaban J connectivity index is 2.48. The van der Waals surface area contributed by atoms with E-state index in [2.05, 4.69) is 6.07 Å². The number of nitriles is 1. The van der Waals surface area contributed by atoms with E-state index in [9.17, 15) is 13.7 Å². The molecule has 1 fully saturated rings. The fourth-order valence-electron chi connectivity index (χ4n) is 2.86. The molecule has 1 aliphatic rings. The molecule has 20 heavy (non-hydrogen) atoms. The molecule has 0 aromatic heterocycles. The van der Waals surface area contributed by atoms with Crippen molar-refractivity contribution in [2.24, 2.45) is 5.41 Å². The van der Waals surface area contributed by atoms with E-state index in [0.717, 1.165) is 5.56 Å². The average Bonchev–Trinajstić information content (AvgIpc) is 3.09. The highest BCUT2D eigenvalue weighted by Gasteiger charge is 2.71. The second-order valence-electron chi connectivity index (χ2n) is 4.99. The Bertz CT molecular complexity index is 653. The van der Waals surface area contributed by atoms with Crippen LogP contribution in [-0.2, 0) is 14.6 Å². The van der Waals surface area contributed by atoms with E-state index in [1.807, 2.05) is 6.07 Å². The van der Waals surface area contributed by atoms with Gasteiger partial charge in [0.15, 0.2) is 9.84 Å². The van der Waals surface area contributed by atoms with Gasteiger partial charge in [0.25, 0.3) is 0 Å². The molecule has 0 bridgehead atoms. The molecule has 0 saturated heterocycles. The normalized spacial score (nSPS) is 28.9. The quantitative estimate of drug-likeness (QED) is 0.837. The van der Waals surface area contributed by atoms with E-state index < -0.39 is 20.5 Å². The topological polar surface area (TPSA) is 67.2 Å². The smallest absolute Gasteiger partial charge is 0.155 e. The van der Waals surface area contributed by atoms with Crippen LogP contribution < -0.4 is 0 Å². The summed E-state index contributed by atoms with van der Waals surface area (Å²) in [4.78, 5) is 0. The fourth-order valence-corrected chi connectivity index (χ4v) is 5.06. The number of ether oxygens (including phenoxy) is 1. The molecule has 0 aliphatic heterocycles. The van der Waals surface area contributed by atoms with Crippen molar-refractivity contribution in [1.29, 1.82) is 5.26 Å². The van der Waals surface area contributed by atoms with Gasteiger partial charge in [0.05, 0.1) is 17.9 Å². The van der Waals surface area contributed by atoms with Gasteiger partial charge >= 0.3 is 0 Å². The van der Waals surface area contributed by atoms with Crippen LogP contribution >= 0.6 is 11.6 Å². The van der Waals surface area contributed by atoms with E-state index in [4.69, 9.17) is 16.3 Å². The minimum atomic E-state index is -3.32. The van der Waals surface area contributed by atoms with Gasteiger partial charge in [-0.3, -0.25) is 0 Å². The minimum absolute atomic E-state index is 0.0158. The van der Waals surface area contributed by atoms with Crippen LogP contribution in [0.25, 0.3) is 0 Å². The third kappa shape index (κ3) is 2.32. The number of benzene rings is 1. The maximum atomic E-state index is 12.2. The molecule has 0 unspecified atom stereocenters. The zero-order valence-corrected chi connectivity index (χ0v) is 12.9. The van der Waals surface area contributed by atoms with Crippen LogP contribution in [0.2, 0.25) is 5.02 Å². The summed E-state index contributed by atoms with van der Waals surface area (Å²) in [5.41, 5.74) is -0.230. The summed E-state index contributed by atoms with van der Waals surface area (Å²) < 4.78 is 29.6. The number of nitrogens with zero attached hydrogens (tertiary/aromatic N) is 1. The zero-order chi connectivity index (χ0) is 15.0. The van der Waals surface area contributed by atoms with Crippen molar-refractivity contribution in [2.75, 3.05) is 19.5 Å². The molecule has 6 heteroatoms. The first kappa shape index (κ1) is 15.3. The van der Waals surface area contributed by atoms with Crippen LogP contribution in [0, 0.1) is 16.7 Å². The van der Waals surface area contributed by atoms with Gasteiger partial charge in [-0.15, -0.1) is 0 Å². The van der Waals surface area contributed by atoms with E-state index in [-0.39, 0.29) is 18.3 Å². The predicted molar refractivity (Wildman–Crippen MR) is 77.4 cm³/mol. The standard InChI is InChI=1S/C14H16ClNO3S/c1-3-20(17,18)13-12(14(13,8-16)9-19-2)10-5-4-6-11(15)7-10/h4-7,12-13H,3,9H2,1-2H3/t12-,13+,14-/m1/s1. The van der Waals surface area contributed by atoms with Gasteiger partial charge in [0.2, 0.25) is 0 Å². The van der Waals surface area contributed by atoms with Crippen molar-refractivity contribution in [3.8, 4) is 6.07 Å². The van der Waals surface area contributed by atoms with Gasteiger partial charge in [-0.05, 0) is 17.7 Å². The van der Waals surface area contributed by atoms with Crippen LogP contribution in [-0.4, -0.2) is 33.1 Å². The highest BCUT2D eigenvalue weighted by molar-refractivity contribution is 7.92. The Labute approximate surface area is 124 Å². The first-order chi connectivity index (χ1) is 9.43. The molecule has 0 heterocycles. The van der Waals surface area contributed by atoms with Gasteiger partial charge in [-0.1, -0.05) is 30.7 Å². The molecule has 0 N–H and O–H groups in total. The van der Waals surface area contributed by atoms with Gasteiger partial charge < -0.3 is 4.74 Å². The summed E-state index contributed by atoms with van der Waals surface area (Å²) in [7, 11) is -1.85. The summed E-state index contributed by atoms with van der Waals surface area (Å²) in [5.74, 6) is -0.363. The first-order valence-corrected chi connectivity index (χ1v) is 8.39. The summed E-state index contributed by atoms with van der Waals surface area (Å²) in [6, 6.07) is 9.18. The fraction of sp³-hybridized carbons (Fsp3) is 0.500. The highest BCUT2D eigenvalue weighted by Crippen LogP contribution is 2.63. The van der Waals surface area contributed by atoms with E-state index in [1.54, 1.807) is 25.1 Å². The van der Waals surface area contributed by atoms with Crippen LogP contribution in [0.5, 0.6) is 0 Å². The van der Waals surface area contributed by atoms with Crippen molar-refractivity contribution < 1.29 is 13.2 Å². The van der Waals surface area contributed by atoms with Gasteiger partial charge in [-0.2, -0.15) is 5.26 Å². The molecule has 4 nitrogen and oxygen atoms in total. The van der Waals surface area contributed by atoms with Crippen molar-refractivity contribution in [3.63, 3.8) is 0 Å². The average molecular weight is 314 g/mol. The molecule has 0 amide bonds. The van der Waals surface area contributed by atoms with E-state index in [1.165, 1.54) is 7.11 Å². The maximum absolute atomic E-state index is 12.2. The molecular formula is C14H16ClNO3S. The Morgan fingerprint density at radius 3 is 2.70 bits per heavy atom. The summed E-state index contributed by atoms with van der Waals surface area (Å²) in [5, 5.41) is 9.31. The Kier molecular flexibility index (Phi) is 4.10. The third-order valence-electron chi connectivity index (χ3n) is 3.84. The van der Waals surface area contributed by atoms with Gasteiger partial charge in [0.1, 0.15) is 5.41 Å². The lowest BCUT2D eigenvalue weighted by molar-refractivity contribution is 0.162. The number of rotatable bonds is 5. The van der Waals surface area contributed by atoms with Crippen LogP contribution in [0.15, 0.2) is 24.3 Å². The summed E-state index contributed by atoms with van der Waals surface area (Å²) in [6.45, 7) is 1.70. The molecule has 0 spiro atoms. The zero-order valence-electron chi connectivity index (χ0n) is 11.3. The predicted octanol–water partition coefficient (Wildman–Crippen LogP) is 2.40. The molecular weight excluding hydrogens is 298 g/mol. The SMILES string of the molecule is CCS(=O)(=O)[C@H]1[C@@H](c2cccc(Cl)c2)[C@@]1(C#N)COC. The molecule has 1 aliphatic carbocycles. The van der Waals surface area contributed by atoms with Crippen LogP contribution in [0.1, 0.15) is 18.4 Å². The van der Waals surface area contributed by atoms with E-state index >= 15 is 0 Å². The minimum Gasteiger partial charge on any atom is -0.383 e. The second kappa shape index (κ2) is 5.36. The number of sulfone groups is 1. The number of methoxy groups -OCH3 is 1. The monoisotopic (exact) mass is 313 g/mol. The number of hydrogen-bond acceptors (Lipinski definition) is 4. The number of halogens is 1. The van der Waals surface area contributed by atoms with Gasteiger partial charge in [0, 0.05) is 23.8 Å². The first-order valence-electron chi connectivity index (χ1n) is 6.30. The molecule has 1 aromatic rings. The Morgan fingerprint density at radius 2 is 2.20 bits per heavy atom. The van der Waals surface area contributed by atoms with Crippen molar-refractivity contribution in [1.82, 2.24) is 0 Å². The highest BCUT2D eigenvalue weighted by atomic mass is 35.5. The largest absolute Gasteiger partial charge is 0.383 e. The second-order valence-corrected chi connectivity index (χ2v) is 7.84. The number of hydrogen-bond donors (Lipinski definition) is 0. The van der Waals surface area contributed by atoms with Crippen molar-refractivity contribution in [2.45, 2.75) is 18.1 Å². The summed E-state index contributed by atoms with van der Waals surface area (Å²) in [6.07, 6.45) is 0. The molecule has 1 aromatic carbocycles. The molecule has 2 rings (SSSR count). The molecule has 1 saturated carbocycles. The van der Waals surface area contributed by atoms with E-state index in [0.29, 0.717) is 5.02 Å². The lowest BCUT2D eigenvalue weighted by atomic mass is 10.0. The third-order valence-corrected chi connectivity index (χ3v) is 6.35. The maximum Gasteiger partial charge on any atom is 0.155 e. The van der Waals surface area contributed by atoms with Gasteiger partial charge in [-0.25, -0.2) is 8.42 Å². The van der Waals surface area contributed by atoms with Crippen molar-refractivity contribution in [3.05, 3.63) is 34.9 Å². The van der Waals surface area contributed by atoms with Crippen molar-refractivity contribution >= 4 is 21.4 Å².